The molecule has 0 aromatic carbocycles. The summed E-state index contributed by atoms with van der Waals surface area (Å²) in [6.45, 7) is 1.46. The third-order valence-electron chi connectivity index (χ3n) is 3.95. The first-order chi connectivity index (χ1) is 10.1. The summed E-state index contributed by atoms with van der Waals surface area (Å²) >= 11 is -0.834. The summed E-state index contributed by atoms with van der Waals surface area (Å²) in [7, 11) is -3.90. The minimum atomic E-state index is -4.22. The molecule has 0 amide bonds. The first kappa shape index (κ1) is 16.3. The molecule has 0 N–H and O–H groups in total. The largest absolute Gasteiger partial charge is 0.691 e. The lowest BCUT2D eigenvalue weighted by Crippen LogP contribution is -2.49. The van der Waals surface area contributed by atoms with Crippen LogP contribution < -0.4 is 5.26 Å². The van der Waals surface area contributed by atoms with E-state index in [0.29, 0.717) is 0 Å². The van der Waals surface area contributed by atoms with Gasteiger partial charge >= 0.3 is 11.2 Å². The summed E-state index contributed by atoms with van der Waals surface area (Å²) < 4.78 is 68.6. The zero-order valence-electron chi connectivity index (χ0n) is 10.8. The number of hydrogen-bond donors (Lipinski definition) is 0. The SMILES string of the molecule is CC12OC3CC1S(=O)(=O)OC2C3OC(=O)C(F)(F)SOO[O-]. The molecule has 0 spiro atoms. The molecule has 3 heterocycles. The van der Waals surface area contributed by atoms with Gasteiger partial charge in [0.2, 0.25) is 0 Å². The van der Waals surface area contributed by atoms with E-state index in [0.717, 1.165) is 0 Å². The molecule has 0 saturated carbocycles. The zero-order chi connectivity index (χ0) is 16.3. The van der Waals surface area contributed by atoms with Crippen LogP contribution in [0.3, 0.4) is 0 Å². The van der Waals surface area contributed by atoms with Gasteiger partial charge in [0.15, 0.2) is 6.10 Å². The van der Waals surface area contributed by atoms with Gasteiger partial charge in [-0.3, -0.25) is 9.22 Å². The van der Waals surface area contributed by atoms with Gasteiger partial charge in [0.05, 0.1) is 6.10 Å². The monoisotopic (exact) mass is 363 g/mol. The molecule has 3 aliphatic heterocycles. The van der Waals surface area contributed by atoms with Crippen molar-refractivity contribution in [3.63, 3.8) is 0 Å². The van der Waals surface area contributed by atoms with Gasteiger partial charge in [0.1, 0.15) is 29.0 Å². The molecular weight excluding hydrogens is 354 g/mol. The topological polar surface area (TPSA) is 120 Å². The molecule has 3 saturated heterocycles. The predicted molar refractivity (Wildman–Crippen MR) is 60.1 cm³/mol. The van der Waals surface area contributed by atoms with E-state index in [2.05, 4.69) is 14.1 Å². The normalized spacial score (nSPS) is 41.8. The molecule has 13 heteroatoms. The van der Waals surface area contributed by atoms with Gasteiger partial charge in [0, 0.05) is 0 Å². The van der Waals surface area contributed by atoms with E-state index in [-0.39, 0.29) is 6.42 Å². The summed E-state index contributed by atoms with van der Waals surface area (Å²) in [6.07, 6.45) is -3.38. The molecule has 0 aromatic rings. The second kappa shape index (κ2) is 4.96. The summed E-state index contributed by atoms with van der Waals surface area (Å²) in [5, 5.41) is 7.13. The molecule has 3 fully saturated rings. The highest BCUT2D eigenvalue weighted by Gasteiger charge is 2.74. The summed E-state index contributed by atoms with van der Waals surface area (Å²) in [4.78, 5) is 11.5. The van der Waals surface area contributed by atoms with Gasteiger partial charge in [-0.2, -0.15) is 21.5 Å². The Hall–Kier alpha value is -0.570. The molecule has 9 nitrogen and oxygen atoms in total. The van der Waals surface area contributed by atoms with Crippen molar-refractivity contribution in [2.75, 3.05) is 0 Å². The van der Waals surface area contributed by atoms with Crippen molar-refractivity contribution in [3.8, 4) is 0 Å². The first-order valence-corrected chi connectivity index (χ1v) is 8.16. The number of alkyl halides is 2. The molecule has 3 aliphatic rings. The highest BCUT2D eigenvalue weighted by Crippen LogP contribution is 2.55. The highest BCUT2D eigenvalue weighted by molar-refractivity contribution is 7.96. The minimum Gasteiger partial charge on any atom is -0.691 e. The van der Waals surface area contributed by atoms with Crippen LogP contribution in [0.2, 0.25) is 0 Å². The summed E-state index contributed by atoms with van der Waals surface area (Å²) in [5.41, 5.74) is -1.24. The van der Waals surface area contributed by atoms with Gasteiger partial charge in [-0.1, -0.05) is 0 Å². The fourth-order valence-corrected chi connectivity index (χ4v) is 5.20. The highest BCUT2D eigenvalue weighted by atomic mass is 32.2. The fraction of sp³-hybridized carbons (Fsp3) is 0.889. The smallest absolute Gasteiger partial charge is 0.415 e. The lowest BCUT2D eigenvalue weighted by Gasteiger charge is -2.27. The lowest BCUT2D eigenvalue weighted by atomic mass is 9.85. The molecule has 0 aromatic heterocycles. The molecule has 22 heavy (non-hydrogen) atoms. The van der Waals surface area contributed by atoms with E-state index in [9.17, 15) is 27.3 Å². The zero-order valence-corrected chi connectivity index (χ0v) is 12.4. The molecule has 5 atom stereocenters. The number of rotatable bonds is 5. The standard InChI is InChI=1S/C9H10F2O9S2/c1-8-4-2-3(17-8)5(6(8)18-22(4,14)15)16-7(12)9(10,11)21-20-19-13/h3-6,13H,2H2,1H3/p-1. The Kier molecular flexibility index (Phi) is 3.67. The van der Waals surface area contributed by atoms with Crippen LogP contribution in [-0.2, 0) is 37.9 Å². The Labute approximate surface area is 127 Å². The van der Waals surface area contributed by atoms with E-state index in [1.54, 1.807) is 0 Å². The van der Waals surface area contributed by atoms with Crippen molar-refractivity contribution < 1.29 is 50.3 Å². The number of carbonyl (C=O) groups is 1. The summed E-state index contributed by atoms with van der Waals surface area (Å²) in [6, 6.07) is 0. The third kappa shape index (κ3) is 2.23. The van der Waals surface area contributed by atoms with Crippen LogP contribution in [0.1, 0.15) is 13.3 Å². The number of hydrogen-bond acceptors (Lipinski definition) is 10. The first-order valence-electron chi connectivity index (χ1n) is 5.95. The van der Waals surface area contributed by atoms with Crippen LogP contribution in [0, 0.1) is 0 Å². The Morgan fingerprint density at radius 3 is 2.82 bits per heavy atom. The Bertz CT molecular complexity index is 596. The van der Waals surface area contributed by atoms with E-state index >= 15 is 0 Å². The molecule has 5 unspecified atom stereocenters. The van der Waals surface area contributed by atoms with Gasteiger partial charge in [-0.05, 0) is 13.3 Å². The van der Waals surface area contributed by atoms with Crippen LogP contribution in [0.5, 0.6) is 0 Å². The van der Waals surface area contributed by atoms with E-state index < -0.39 is 62.5 Å². The second-order valence-corrected chi connectivity index (χ2v) is 7.74. The molecule has 2 bridgehead atoms. The number of carbonyl (C=O) groups excluding carboxylic acids is 1. The van der Waals surface area contributed by atoms with Crippen LogP contribution in [0.25, 0.3) is 0 Å². The van der Waals surface area contributed by atoms with Crippen molar-refractivity contribution in [2.24, 2.45) is 0 Å². The van der Waals surface area contributed by atoms with Crippen LogP contribution >= 0.6 is 12.0 Å². The molecule has 3 rings (SSSR count). The van der Waals surface area contributed by atoms with Gasteiger partial charge in [-0.25, -0.2) is 4.79 Å². The third-order valence-corrected chi connectivity index (χ3v) is 6.29. The molecule has 126 valence electrons. The predicted octanol–water partition coefficient (Wildman–Crippen LogP) is -0.979. The number of fused-ring (bicyclic) bond motifs is 1. The number of halogens is 2. The average molecular weight is 363 g/mol. The van der Waals surface area contributed by atoms with Gasteiger partial charge in [0.25, 0.3) is 10.1 Å². The minimum absolute atomic E-state index is 0.0217. The van der Waals surface area contributed by atoms with Crippen LogP contribution in [0.4, 0.5) is 8.78 Å². The average Bonchev–Trinajstić information content (AvgIpc) is 2.92. The maximum Gasteiger partial charge on any atom is 0.415 e. The Morgan fingerprint density at radius 2 is 2.18 bits per heavy atom. The van der Waals surface area contributed by atoms with E-state index in [1.165, 1.54) is 6.92 Å². The Balaban J connectivity index is 1.75. The van der Waals surface area contributed by atoms with Crippen molar-refractivity contribution in [2.45, 2.75) is 47.8 Å². The quantitative estimate of drug-likeness (QED) is 0.198. The van der Waals surface area contributed by atoms with Gasteiger partial charge in [-0.15, -0.1) is 0 Å². The molecule has 0 radical (unpaired) electrons. The van der Waals surface area contributed by atoms with Crippen molar-refractivity contribution >= 4 is 28.1 Å². The number of ether oxygens (including phenoxy) is 2. The van der Waals surface area contributed by atoms with Gasteiger partial charge < -0.3 is 14.7 Å². The van der Waals surface area contributed by atoms with E-state index in [1.807, 2.05) is 0 Å². The van der Waals surface area contributed by atoms with Crippen molar-refractivity contribution in [3.05, 3.63) is 0 Å². The van der Waals surface area contributed by atoms with Crippen molar-refractivity contribution in [1.82, 2.24) is 0 Å². The maximum absolute atomic E-state index is 13.3. The Morgan fingerprint density at radius 1 is 1.50 bits per heavy atom. The lowest BCUT2D eigenvalue weighted by molar-refractivity contribution is -0.777. The second-order valence-electron chi connectivity index (χ2n) is 5.18. The molecular formula is C9H9F2O9S2-. The van der Waals surface area contributed by atoms with Crippen LogP contribution in [-0.4, -0.2) is 48.8 Å². The number of esters is 1. The maximum atomic E-state index is 13.3. The van der Waals surface area contributed by atoms with Crippen LogP contribution in [0.15, 0.2) is 0 Å². The van der Waals surface area contributed by atoms with Crippen molar-refractivity contribution in [1.29, 1.82) is 0 Å². The van der Waals surface area contributed by atoms with E-state index in [4.69, 9.17) is 8.92 Å². The summed E-state index contributed by atoms with van der Waals surface area (Å²) in [5.74, 6) is -2.02. The molecule has 0 aliphatic carbocycles. The fourth-order valence-electron chi connectivity index (χ4n) is 3.05.